The molecule has 2 rings (SSSR count). The van der Waals surface area contributed by atoms with Crippen molar-refractivity contribution in [3.05, 3.63) is 34.9 Å². The van der Waals surface area contributed by atoms with Crippen molar-refractivity contribution in [2.75, 3.05) is 6.54 Å². The fraction of sp³-hybridized carbons (Fsp3) is 0.462. The largest absolute Gasteiger partial charge is 0.370 e. The maximum Gasteiger partial charge on any atom is 0.192 e. The molecule has 17 heavy (non-hydrogen) atoms. The van der Waals surface area contributed by atoms with Crippen LogP contribution in [0.4, 0.5) is 0 Å². The van der Waals surface area contributed by atoms with Crippen molar-refractivity contribution in [1.29, 1.82) is 0 Å². The third-order valence-corrected chi connectivity index (χ3v) is 3.63. The van der Waals surface area contributed by atoms with Gasteiger partial charge in [0.15, 0.2) is 5.96 Å². The Balaban J connectivity index is 2.47. The molecule has 0 bridgehead atoms. The van der Waals surface area contributed by atoms with Crippen molar-refractivity contribution in [3.63, 3.8) is 0 Å². The molecule has 0 fully saturated rings. The van der Waals surface area contributed by atoms with Crippen LogP contribution in [0.25, 0.3) is 0 Å². The highest BCUT2D eigenvalue weighted by atomic mass is 35.5. The maximum atomic E-state index is 6.29. The van der Waals surface area contributed by atoms with Crippen molar-refractivity contribution >= 4 is 17.6 Å². The van der Waals surface area contributed by atoms with E-state index in [2.05, 4.69) is 30.7 Å². The Morgan fingerprint density at radius 1 is 1.41 bits per heavy atom. The number of aliphatic imine (C=N–C) groups is 1. The molecule has 2 N–H and O–H groups in total. The molecule has 1 unspecified atom stereocenters. The quantitative estimate of drug-likeness (QED) is 0.878. The summed E-state index contributed by atoms with van der Waals surface area (Å²) in [7, 11) is 0. The van der Waals surface area contributed by atoms with E-state index in [1.165, 1.54) is 0 Å². The van der Waals surface area contributed by atoms with E-state index in [1.807, 2.05) is 24.3 Å². The van der Waals surface area contributed by atoms with Gasteiger partial charge < -0.3 is 10.6 Å². The van der Waals surface area contributed by atoms with Crippen LogP contribution < -0.4 is 5.73 Å². The summed E-state index contributed by atoms with van der Waals surface area (Å²) in [6.07, 6.45) is 0. The molecular weight excluding hydrogens is 234 g/mol. The lowest BCUT2D eigenvalue weighted by atomic mass is 9.90. The molecule has 1 aliphatic rings. The molecule has 92 valence electrons. The van der Waals surface area contributed by atoms with Crippen molar-refractivity contribution in [1.82, 2.24) is 4.90 Å². The Hall–Kier alpha value is -1.22. The molecule has 1 aliphatic heterocycles. The summed E-state index contributed by atoms with van der Waals surface area (Å²) in [5.74, 6) is 0.599. The van der Waals surface area contributed by atoms with Gasteiger partial charge in [0.1, 0.15) is 0 Å². The van der Waals surface area contributed by atoms with E-state index in [1.54, 1.807) is 0 Å². The van der Waals surface area contributed by atoms with Gasteiger partial charge in [-0.2, -0.15) is 0 Å². The molecule has 1 atom stereocenters. The van der Waals surface area contributed by atoms with Crippen LogP contribution in [-0.2, 0) is 5.54 Å². The minimum atomic E-state index is -0.239. The third kappa shape index (κ3) is 1.89. The first kappa shape index (κ1) is 12.2. The molecular formula is C13H18ClN3. The van der Waals surface area contributed by atoms with Crippen LogP contribution in [0.1, 0.15) is 26.3 Å². The molecule has 0 aromatic heterocycles. The topological polar surface area (TPSA) is 41.6 Å². The van der Waals surface area contributed by atoms with Crippen LogP contribution in [-0.4, -0.2) is 23.4 Å². The number of nitrogens with two attached hydrogens (primary N) is 1. The lowest BCUT2D eigenvalue weighted by Crippen LogP contribution is -2.51. The number of hydrogen-bond donors (Lipinski definition) is 1. The van der Waals surface area contributed by atoms with Crippen LogP contribution in [0.2, 0.25) is 5.02 Å². The van der Waals surface area contributed by atoms with E-state index in [4.69, 9.17) is 17.3 Å². The fourth-order valence-corrected chi connectivity index (χ4v) is 2.93. The minimum absolute atomic E-state index is 0.239. The number of rotatable bonds is 2. The zero-order valence-electron chi connectivity index (χ0n) is 10.4. The molecule has 0 radical (unpaired) electrons. The van der Waals surface area contributed by atoms with Gasteiger partial charge >= 0.3 is 0 Å². The van der Waals surface area contributed by atoms with E-state index in [9.17, 15) is 0 Å². The van der Waals surface area contributed by atoms with Crippen molar-refractivity contribution in [3.8, 4) is 0 Å². The minimum Gasteiger partial charge on any atom is -0.370 e. The summed E-state index contributed by atoms with van der Waals surface area (Å²) < 4.78 is 0. The molecule has 1 aromatic carbocycles. The summed E-state index contributed by atoms with van der Waals surface area (Å²) >= 11 is 6.29. The van der Waals surface area contributed by atoms with Gasteiger partial charge in [0.25, 0.3) is 0 Å². The highest BCUT2D eigenvalue weighted by molar-refractivity contribution is 6.31. The summed E-state index contributed by atoms with van der Waals surface area (Å²) in [5, 5.41) is 0.769. The van der Waals surface area contributed by atoms with Gasteiger partial charge in [0.05, 0.1) is 12.1 Å². The maximum absolute atomic E-state index is 6.29. The SMILES string of the molecule is CC(C)N1C(N)=NCC1(C)c1ccccc1Cl. The summed E-state index contributed by atoms with van der Waals surface area (Å²) in [5.41, 5.74) is 6.82. The second-order valence-electron chi connectivity index (χ2n) is 4.89. The van der Waals surface area contributed by atoms with Crippen LogP contribution in [0.5, 0.6) is 0 Å². The van der Waals surface area contributed by atoms with Crippen LogP contribution in [0.15, 0.2) is 29.3 Å². The highest BCUT2D eigenvalue weighted by Gasteiger charge is 2.41. The van der Waals surface area contributed by atoms with Crippen molar-refractivity contribution in [2.24, 2.45) is 10.7 Å². The second-order valence-corrected chi connectivity index (χ2v) is 5.30. The van der Waals surface area contributed by atoms with E-state index in [-0.39, 0.29) is 5.54 Å². The summed E-state index contributed by atoms with van der Waals surface area (Å²) in [4.78, 5) is 6.50. The predicted octanol–water partition coefficient (Wildman–Crippen LogP) is 2.59. The number of guanidine groups is 1. The van der Waals surface area contributed by atoms with Gasteiger partial charge in [-0.3, -0.25) is 4.99 Å². The molecule has 1 heterocycles. The molecule has 0 spiro atoms. The van der Waals surface area contributed by atoms with Gasteiger partial charge in [-0.1, -0.05) is 29.8 Å². The highest BCUT2D eigenvalue weighted by Crippen LogP contribution is 2.37. The van der Waals surface area contributed by atoms with Gasteiger partial charge in [0, 0.05) is 11.1 Å². The van der Waals surface area contributed by atoms with Gasteiger partial charge in [0.2, 0.25) is 0 Å². The lowest BCUT2D eigenvalue weighted by Gasteiger charge is -2.40. The van der Waals surface area contributed by atoms with Crippen molar-refractivity contribution < 1.29 is 0 Å². The summed E-state index contributed by atoms with van der Waals surface area (Å²) in [6, 6.07) is 8.19. The second kappa shape index (κ2) is 4.22. The van der Waals surface area contributed by atoms with Crippen LogP contribution >= 0.6 is 11.6 Å². The first-order valence-corrected chi connectivity index (χ1v) is 6.19. The monoisotopic (exact) mass is 251 g/mol. The van der Waals surface area contributed by atoms with E-state index in [0.717, 1.165) is 10.6 Å². The first-order chi connectivity index (χ1) is 7.97. The van der Waals surface area contributed by atoms with E-state index < -0.39 is 0 Å². The Morgan fingerprint density at radius 2 is 2.06 bits per heavy atom. The Kier molecular flexibility index (Phi) is 3.04. The zero-order chi connectivity index (χ0) is 12.6. The smallest absolute Gasteiger partial charge is 0.192 e. The Morgan fingerprint density at radius 3 is 2.65 bits per heavy atom. The molecule has 0 aliphatic carbocycles. The van der Waals surface area contributed by atoms with Crippen molar-refractivity contribution in [2.45, 2.75) is 32.4 Å². The Labute approximate surface area is 107 Å². The van der Waals surface area contributed by atoms with E-state index >= 15 is 0 Å². The standard InChI is InChI=1S/C13H18ClN3/c1-9(2)17-12(15)16-8-13(17,3)10-6-4-5-7-11(10)14/h4-7,9H,8H2,1-3H3,(H2,15,16). The van der Waals surface area contributed by atoms with E-state index in [0.29, 0.717) is 18.5 Å². The number of hydrogen-bond acceptors (Lipinski definition) is 3. The number of halogens is 1. The normalized spacial score (nSPS) is 24.3. The zero-order valence-corrected chi connectivity index (χ0v) is 11.2. The molecule has 0 saturated carbocycles. The molecule has 1 aromatic rings. The average Bonchev–Trinajstić information content (AvgIpc) is 2.56. The molecule has 0 saturated heterocycles. The van der Waals surface area contributed by atoms with Gasteiger partial charge in [-0.25, -0.2) is 0 Å². The molecule has 4 heteroatoms. The number of nitrogens with zero attached hydrogens (tertiary/aromatic N) is 2. The van der Waals surface area contributed by atoms with Gasteiger partial charge in [-0.05, 0) is 32.4 Å². The fourth-order valence-electron chi connectivity index (χ4n) is 2.59. The summed E-state index contributed by atoms with van der Waals surface area (Å²) in [6.45, 7) is 7.02. The molecule has 0 amide bonds. The van der Waals surface area contributed by atoms with Gasteiger partial charge in [-0.15, -0.1) is 0 Å². The van der Waals surface area contributed by atoms with Crippen LogP contribution in [0, 0.1) is 0 Å². The average molecular weight is 252 g/mol. The third-order valence-electron chi connectivity index (χ3n) is 3.30. The predicted molar refractivity (Wildman–Crippen MR) is 72.3 cm³/mol. The Bertz CT molecular complexity index is 456. The van der Waals surface area contributed by atoms with Crippen LogP contribution in [0.3, 0.4) is 0 Å². The lowest BCUT2D eigenvalue weighted by molar-refractivity contribution is 0.185. The molecule has 3 nitrogen and oxygen atoms in total. The number of benzene rings is 1. The first-order valence-electron chi connectivity index (χ1n) is 5.81.